The molecule has 0 saturated heterocycles. The third kappa shape index (κ3) is 2.24. The molecular weight excluding hydrogens is 200 g/mol. The van der Waals surface area contributed by atoms with E-state index in [9.17, 15) is 0 Å². The van der Waals surface area contributed by atoms with Gasteiger partial charge in [0.05, 0.1) is 6.61 Å². The molecular formula is C13H16N2O. The predicted octanol–water partition coefficient (Wildman–Crippen LogP) is 2.41. The maximum absolute atomic E-state index is 5.60. The van der Waals surface area contributed by atoms with E-state index in [0.29, 0.717) is 6.61 Å². The quantitative estimate of drug-likeness (QED) is 0.784. The van der Waals surface area contributed by atoms with Gasteiger partial charge in [-0.1, -0.05) is 18.2 Å². The van der Waals surface area contributed by atoms with Gasteiger partial charge in [0.15, 0.2) is 0 Å². The topological polar surface area (TPSA) is 27.1 Å². The molecule has 84 valence electrons. The van der Waals surface area contributed by atoms with Crippen LogP contribution in [-0.2, 0) is 13.5 Å². The van der Waals surface area contributed by atoms with Gasteiger partial charge in [0.25, 0.3) is 0 Å². The monoisotopic (exact) mass is 216 g/mol. The Balaban J connectivity index is 2.24. The van der Waals surface area contributed by atoms with Crippen molar-refractivity contribution in [3.8, 4) is 5.75 Å². The highest BCUT2D eigenvalue weighted by Gasteiger charge is 2.05. The third-order valence-electron chi connectivity index (χ3n) is 2.57. The van der Waals surface area contributed by atoms with Crippen LogP contribution in [0.2, 0.25) is 0 Å². The summed E-state index contributed by atoms with van der Waals surface area (Å²) >= 11 is 0. The van der Waals surface area contributed by atoms with E-state index in [0.717, 1.165) is 12.2 Å². The molecule has 3 nitrogen and oxygen atoms in total. The summed E-state index contributed by atoms with van der Waals surface area (Å²) in [5, 5.41) is 4.16. The Morgan fingerprint density at radius 3 is 2.75 bits per heavy atom. The second kappa shape index (κ2) is 4.84. The van der Waals surface area contributed by atoms with Crippen molar-refractivity contribution >= 4 is 0 Å². The number of benzene rings is 1. The normalized spacial score (nSPS) is 10.4. The van der Waals surface area contributed by atoms with Crippen LogP contribution in [0, 0.1) is 0 Å². The summed E-state index contributed by atoms with van der Waals surface area (Å²) in [6.07, 6.45) is 2.67. The standard InChI is InChI=1S/C13H16N2O/c1-3-16-13-7-5-4-6-11(13)10-12-8-9-14-15(12)2/h4-9H,3,10H2,1-2H3. The molecule has 0 aliphatic heterocycles. The summed E-state index contributed by atoms with van der Waals surface area (Å²) in [5.74, 6) is 0.964. The zero-order chi connectivity index (χ0) is 11.4. The fourth-order valence-electron chi connectivity index (χ4n) is 1.72. The van der Waals surface area contributed by atoms with Crippen LogP contribution in [-0.4, -0.2) is 16.4 Å². The maximum atomic E-state index is 5.60. The van der Waals surface area contributed by atoms with Gasteiger partial charge in [-0.15, -0.1) is 0 Å². The number of aryl methyl sites for hydroxylation is 1. The predicted molar refractivity (Wildman–Crippen MR) is 63.6 cm³/mol. The highest BCUT2D eigenvalue weighted by atomic mass is 16.5. The van der Waals surface area contributed by atoms with E-state index in [-0.39, 0.29) is 0 Å². The van der Waals surface area contributed by atoms with Crippen molar-refractivity contribution in [2.24, 2.45) is 7.05 Å². The van der Waals surface area contributed by atoms with Gasteiger partial charge < -0.3 is 4.74 Å². The number of hydrogen-bond acceptors (Lipinski definition) is 2. The lowest BCUT2D eigenvalue weighted by Crippen LogP contribution is -2.01. The number of nitrogens with zero attached hydrogens (tertiary/aromatic N) is 2. The molecule has 2 rings (SSSR count). The lowest BCUT2D eigenvalue weighted by molar-refractivity contribution is 0.337. The molecule has 0 amide bonds. The third-order valence-corrected chi connectivity index (χ3v) is 2.57. The van der Waals surface area contributed by atoms with Crippen LogP contribution >= 0.6 is 0 Å². The average molecular weight is 216 g/mol. The van der Waals surface area contributed by atoms with Crippen molar-refractivity contribution in [1.29, 1.82) is 0 Å². The van der Waals surface area contributed by atoms with Crippen LogP contribution in [0.1, 0.15) is 18.2 Å². The Labute approximate surface area is 95.7 Å². The number of ether oxygens (including phenoxy) is 1. The minimum Gasteiger partial charge on any atom is -0.494 e. The van der Waals surface area contributed by atoms with Gasteiger partial charge >= 0.3 is 0 Å². The first kappa shape index (κ1) is 10.7. The summed E-state index contributed by atoms with van der Waals surface area (Å²) in [6, 6.07) is 10.2. The van der Waals surface area contributed by atoms with Crippen LogP contribution < -0.4 is 4.74 Å². The molecule has 0 saturated carbocycles. The largest absolute Gasteiger partial charge is 0.494 e. The number of hydrogen-bond donors (Lipinski definition) is 0. The fourth-order valence-corrected chi connectivity index (χ4v) is 1.72. The Hall–Kier alpha value is -1.77. The second-order valence-corrected chi connectivity index (χ2v) is 3.66. The van der Waals surface area contributed by atoms with Crippen LogP contribution in [0.25, 0.3) is 0 Å². The van der Waals surface area contributed by atoms with E-state index in [1.807, 2.05) is 49.1 Å². The number of rotatable bonds is 4. The van der Waals surface area contributed by atoms with E-state index < -0.39 is 0 Å². The van der Waals surface area contributed by atoms with E-state index in [2.05, 4.69) is 11.2 Å². The summed E-state index contributed by atoms with van der Waals surface area (Å²) in [6.45, 7) is 2.70. The van der Waals surface area contributed by atoms with Gasteiger partial charge in [0.2, 0.25) is 0 Å². The van der Waals surface area contributed by atoms with Crippen molar-refractivity contribution in [3.63, 3.8) is 0 Å². The first-order chi connectivity index (χ1) is 7.81. The molecule has 0 unspecified atom stereocenters. The highest BCUT2D eigenvalue weighted by molar-refractivity contribution is 5.36. The molecule has 16 heavy (non-hydrogen) atoms. The Kier molecular flexibility index (Phi) is 3.25. The Morgan fingerprint density at radius 1 is 1.25 bits per heavy atom. The lowest BCUT2D eigenvalue weighted by Gasteiger charge is -2.09. The second-order valence-electron chi connectivity index (χ2n) is 3.66. The fraction of sp³-hybridized carbons (Fsp3) is 0.308. The van der Waals surface area contributed by atoms with E-state index in [4.69, 9.17) is 4.74 Å². The highest BCUT2D eigenvalue weighted by Crippen LogP contribution is 2.20. The zero-order valence-electron chi connectivity index (χ0n) is 9.68. The minimum atomic E-state index is 0.697. The summed E-state index contributed by atoms with van der Waals surface area (Å²) < 4.78 is 7.49. The molecule has 0 aliphatic carbocycles. The Morgan fingerprint density at radius 2 is 2.06 bits per heavy atom. The molecule has 1 aromatic heterocycles. The van der Waals surface area contributed by atoms with Crippen molar-refractivity contribution in [1.82, 2.24) is 9.78 Å². The van der Waals surface area contributed by atoms with Gasteiger partial charge in [-0.3, -0.25) is 4.68 Å². The van der Waals surface area contributed by atoms with Gasteiger partial charge in [-0.05, 0) is 19.1 Å². The lowest BCUT2D eigenvalue weighted by atomic mass is 10.1. The van der Waals surface area contributed by atoms with E-state index in [1.54, 1.807) is 0 Å². The summed E-state index contributed by atoms with van der Waals surface area (Å²) in [5.41, 5.74) is 2.39. The van der Waals surface area contributed by atoms with E-state index >= 15 is 0 Å². The number of aromatic nitrogens is 2. The first-order valence-corrected chi connectivity index (χ1v) is 5.49. The van der Waals surface area contributed by atoms with Gasteiger partial charge in [0, 0.05) is 30.9 Å². The van der Waals surface area contributed by atoms with Crippen molar-refractivity contribution in [2.75, 3.05) is 6.61 Å². The van der Waals surface area contributed by atoms with Crippen LogP contribution in [0.4, 0.5) is 0 Å². The molecule has 0 atom stereocenters. The zero-order valence-corrected chi connectivity index (χ0v) is 9.68. The number of para-hydroxylation sites is 1. The molecule has 2 aromatic rings. The van der Waals surface area contributed by atoms with E-state index in [1.165, 1.54) is 11.3 Å². The van der Waals surface area contributed by atoms with Crippen LogP contribution in [0.5, 0.6) is 5.75 Å². The van der Waals surface area contributed by atoms with Gasteiger partial charge in [0.1, 0.15) is 5.75 Å². The summed E-state index contributed by atoms with van der Waals surface area (Å²) in [4.78, 5) is 0. The molecule has 0 aliphatic rings. The smallest absolute Gasteiger partial charge is 0.122 e. The van der Waals surface area contributed by atoms with Crippen LogP contribution in [0.3, 0.4) is 0 Å². The summed E-state index contributed by atoms with van der Waals surface area (Å²) in [7, 11) is 1.96. The SMILES string of the molecule is CCOc1ccccc1Cc1ccnn1C. The molecule has 0 radical (unpaired) electrons. The molecule has 1 aromatic carbocycles. The van der Waals surface area contributed by atoms with Gasteiger partial charge in [-0.2, -0.15) is 5.10 Å². The average Bonchev–Trinajstić information content (AvgIpc) is 2.68. The van der Waals surface area contributed by atoms with Crippen molar-refractivity contribution in [3.05, 3.63) is 47.8 Å². The molecule has 3 heteroatoms. The van der Waals surface area contributed by atoms with Gasteiger partial charge in [-0.25, -0.2) is 0 Å². The molecule has 1 heterocycles. The molecule has 0 N–H and O–H groups in total. The molecule has 0 spiro atoms. The molecule has 0 bridgehead atoms. The minimum absolute atomic E-state index is 0.697. The first-order valence-electron chi connectivity index (χ1n) is 5.49. The Bertz CT molecular complexity index is 462. The van der Waals surface area contributed by atoms with Crippen LogP contribution in [0.15, 0.2) is 36.5 Å². The van der Waals surface area contributed by atoms with Crippen molar-refractivity contribution in [2.45, 2.75) is 13.3 Å². The molecule has 0 fully saturated rings. The maximum Gasteiger partial charge on any atom is 0.122 e. The van der Waals surface area contributed by atoms with Crippen molar-refractivity contribution < 1.29 is 4.74 Å².